The molecule has 0 radical (unpaired) electrons. The van der Waals surface area contributed by atoms with Crippen LogP contribution in [0.3, 0.4) is 0 Å². The van der Waals surface area contributed by atoms with Gasteiger partial charge in [-0.15, -0.1) is 0 Å². The molecule has 0 unspecified atom stereocenters. The number of fused-ring (bicyclic) bond motifs is 3. The monoisotopic (exact) mass is 736 g/mol. The van der Waals surface area contributed by atoms with Crippen molar-refractivity contribution in [3.05, 3.63) is 223 Å². The van der Waals surface area contributed by atoms with Crippen molar-refractivity contribution in [1.29, 1.82) is 5.26 Å². The average molecular weight is 737 g/mol. The van der Waals surface area contributed by atoms with Gasteiger partial charge in [-0.2, -0.15) is 5.26 Å². The molecule has 1 heterocycles. The molecular formula is C50H33FN4Si. The molecule has 56 heavy (non-hydrogen) atoms. The molecule has 8 aromatic carbocycles. The van der Waals surface area contributed by atoms with Crippen LogP contribution in [0.4, 0.5) is 27.1 Å². The van der Waals surface area contributed by atoms with Gasteiger partial charge in [0, 0.05) is 33.5 Å². The van der Waals surface area contributed by atoms with E-state index in [0.29, 0.717) is 11.3 Å². The lowest BCUT2D eigenvalue weighted by atomic mass is 10.1. The van der Waals surface area contributed by atoms with Crippen molar-refractivity contribution in [1.82, 2.24) is 4.57 Å². The molecule has 0 saturated carbocycles. The Balaban J connectivity index is 1.36. The van der Waals surface area contributed by atoms with E-state index in [9.17, 15) is 9.65 Å². The first kappa shape index (κ1) is 34.3. The molecule has 0 N–H and O–H groups in total. The molecule has 0 aliphatic rings. The molecule has 0 bridgehead atoms. The Morgan fingerprint density at radius 3 is 1.52 bits per heavy atom. The summed E-state index contributed by atoms with van der Waals surface area (Å²) in [7, 11) is -2.86. The molecule has 0 aliphatic heterocycles. The SMILES string of the molecule is [C-]#[N+]c1ccc(N(c2ccc(C#N)cc2)c2ccc3c(c2)c2cc([Si](c4ccccc4)(c4ccccc4)c4ccccc4)ccc2n3-c2ccc(F)cc2)cc1. The lowest BCUT2D eigenvalue weighted by Gasteiger charge is -2.34. The zero-order valence-electron chi connectivity index (χ0n) is 30.2. The Morgan fingerprint density at radius 2 is 1.00 bits per heavy atom. The smallest absolute Gasteiger partial charge is 0.187 e. The highest BCUT2D eigenvalue weighted by Gasteiger charge is 2.41. The van der Waals surface area contributed by atoms with Crippen LogP contribution in [0.5, 0.6) is 0 Å². The Bertz CT molecular complexity index is 2760. The first-order chi connectivity index (χ1) is 27.6. The fourth-order valence-corrected chi connectivity index (χ4v) is 12.9. The van der Waals surface area contributed by atoms with Crippen LogP contribution in [0.1, 0.15) is 5.56 Å². The van der Waals surface area contributed by atoms with Crippen molar-refractivity contribution in [2.24, 2.45) is 0 Å². The Morgan fingerprint density at radius 1 is 0.518 bits per heavy atom. The summed E-state index contributed by atoms with van der Waals surface area (Å²) in [5, 5.41) is 16.8. The Labute approximate surface area is 326 Å². The largest absolute Gasteiger partial charge is 0.311 e. The molecule has 0 spiro atoms. The van der Waals surface area contributed by atoms with E-state index >= 15 is 0 Å². The second-order valence-electron chi connectivity index (χ2n) is 13.7. The lowest BCUT2D eigenvalue weighted by molar-refractivity contribution is 0.627. The van der Waals surface area contributed by atoms with Crippen LogP contribution in [0, 0.1) is 23.7 Å². The predicted octanol–water partition coefficient (Wildman–Crippen LogP) is 10.2. The van der Waals surface area contributed by atoms with E-state index in [4.69, 9.17) is 6.57 Å². The van der Waals surface area contributed by atoms with Crippen molar-refractivity contribution in [2.75, 3.05) is 4.90 Å². The van der Waals surface area contributed by atoms with Gasteiger partial charge in [0.15, 0.2) is 13.8 Å². The van der Waals surface area contributed by atoms with E-state index in [2.05, 4.69) is 148 Å². The van der Waals surface area contributed by atoms with Gasteiger partial charge in [0.1, 0.15) is 5.82 Å². The van der Waals surface area contributed by atoms with Gasteiger partial charge >= 0.3 is 0 Å². The fourth-order valence-electron chi connectivity index (χ4n) is 8.12. The maximum Gasteiger partial charge on any atom is 0.187 e. The number of hydrogen-bond donors (Lipinski definition) is 0. The molecule has 0 fully saturated rings. The predicted molar refractivity (Wildman–Crippen MR) is 230 cm³/mol. The van der Waals surface area contributed by atoms with Crippen LogP contribution in [0.2, 0.25) is 0 Å². The van der Waals surface area contributed by atoms with Crippen LogP contribution in [0.15, 0.2) is 200 Å². The number of halogens is 1. The molecule has 0 saturated heterocycles. The number of benzene rings is 8. The molecule has 9 aromatic rings. The zero-order chi connectivity index (χ0) is 38.1. The zero-order valence-corrected chi connectivity index (χ0v) is 31.2. The summed E-state index contributed by atoms with van der Waals surface area (Å²) in [6, 6.07) is 70.0. The summed E-state index contributed by atoms with van der Waals surface area (Å²) >= 11 is 0. The summed E-state index contributed by atoms with van der Waals surface area (Å²) in [5.41, 5.74) is 6.67. The molecule has 264 valence electrons. The molecule has 6 heteroatoms. The fraction of sp³-hybridized carbons (Fsp3) is 0. The minimum atomic E-state index is -2.86. The molecule has 0 amide bonds. The van der Waals surface area contributed by atoms with Crippen LogP contribution < -0.4 is 25.6 Å². The first-order valence-electron chi connectivity index (χ1n) is 18.4. The van der Waals surface area contributed by atoms with E-state index in [1.54, 1.807) is 0 Å². The van der Waals surface area contributed by atoms with Crippen LogP contribution in [-0.4, -0.2) is 12.6 Å². The average Bonchev–Trinajstić information content (AvgIpc) is 3.59. The third-order valence-electron chi connectivity index (χ3n) is 10.6. The molecule has 0 atom stereocenters. The van der Waals surface area contributed by atoms with Crippen molar-refractivity contribution in [3.8, 4) is 11.8 Å². The van der Waals surface area contributed by atoms with E-state index in [0.717, 1.165) is 44.6 Å². The summed E-state index contributed by atoms with van der Waals surface area (Å²) in [5.74, 6) is -0.286. The van der Waals surface area contributed by atoms with Crippen LogP contribution in [0.25, 0.3) is 32.3 Å². The second kappa shape index (κ2) is 14.4. The van der Waals surface area contributed by atoms with Gasteiger partial charge in [-0.05, 0) is 106 Å². The first-order valence-corrected chi connectivity index (χ1v) is 20.4. The van der Waals surface area contributed by atoms with Gasteiger partial charge < -0.3 is 9.47 Å². The van der Waals surface area contributed by atoms with Gasteiger partial charge in [0.05, 0.1) is 29.2 Å². The maximum absolute atomic E-state index is 14.3. The minimum absolute atomic E-state index is 0.286. The van der Waals surface area contributed by atoms with Crippen molar-refractivity contribution in [2.45, 2.75) is 0 Å². The van der Waals surface area contributed by atoms with E-state index in [1.807, 2.05) is 60.7 Å². The van der Waals surface area contributed by atoms with E-state index in [-0.39, 0.29) is 5.82 Å². The quantitative estimate of drug-likeness (QED) is 0.0885. The molecule has 0 aliphatic carbocycles. The molecular weight excluding hydrogens is 704 g/mol. The van der Waals surface area contributed by atoms with Crippen molar-refractivity contribution >= 4 is 73.4 Å². The van der Waals surface area contributed by atoms with Gasteiger partial charge in [0.2, 0.25) is 0 Å². The van der Waals surface area contributed by atoms with E-state index < -0.39 is 8.07 Å². The normalized spacial score (nSPS) is 11.3. The minimum Gasteiger partial charge on any atom is -0.311 e. The lowest BCUT2D eigenvalue weighted by Crippen LogP contribution is -2.74. The Hall–Kier alpha value is -7.51. The van der Waals surface area contributed by atoms with E-state index in [1.165, 1.54) is 32.9 Å². The highest BCUT2D eigenvalue weighted by Crippen LogP contribution is 2.40. The van der Waals surface area contributed by atoms with Gasteiger partial charge in [-0.1, -0.05) is 115 Å². The number of anilines is 3. The van der Waals surface area contributed by atoms with Crippen molar-refractivity contribution < 1.29 is 4.39 Å². The number of rotatable bonds is 8. The standard InChI is InChI=1S/C50H33FN4Si/c1-53-38-21-27-40(28-22-38)54(39-23-17-36(35-52)18-24-39)42-29-31-49-47(33-42)48-34-46(30-32-50(48)55(49)41-25-19-37(51)20-26-41)56(43-11-5-2-6-12-43,44-13-7-3-8-14-44)45-15-9-4-10-16-45/h2-34H. The number of nitriles is 1. The van der Waals surface area contributed by atoms with Crippen molar-refractivity contribution in [3.63, 3.8) is 0 Å². The third-order valence-corrected chi connectivity index (χ3v) is 15.4. The second-order valence-corrected chi connectivity index (χ2v) is 17.5. The van der Waals surface area contributed by atoms with Gasteiger partial charge in [-0.25, -0.2) is 9.24 Å². The maximum atomic E-state index is 14.3. The highest BCUT2D eigenvalue weighted by molar-refractivity contribution is 7.20. The number of nitrogens with zero attached hydrogens (tertiary/aromatic N) is 4. The topological polar surface area (TPSA) is 36.3 Å². The van der Waals surface area contributed by atoms with Gasteiger partial charge in [0.25, 0.3) is 0 Å². The highest BCUT2D eigenvalue weighted by atomic mass is 28.3. The number of aromatic nitrogens is 1. The number of hydrogen-bond acceptors (Lipinski definition) is 2. The summed E-state index contributed by atoms with van der Waals surface area (Å²) in [6.07, 6.45) is 0. The van der Waals surface area contributed by atoms with Crippen LogP contribution >= 0.6 is 0 Å². The third kappa shape index (κ3) is 5.83. The molecule has 1 aromatic heterocycles. The summed E-state index contributed by atoms with van der Waals surface area (Å²) in [6.45, 7) is 7.53. The molecule has 4 nitrogen and oxygen atoms in total. The summed E-state index contributed by atoms with van der Waals surface area (Å²) < 4.78 is 16.6. The van der Waals surface area contributed by atoms with Crippen LogP contribution in [-0.2, 0) is 0 Å². The Kier molecular flexibility index (Phi) is 8.80. The summed E-state index contributed by atoms with van der Waals surface area (Å²) in [4.78, 5) is 5.77. The molecule has 9 rings (SSSR count). The van der Waals surface area contributed by atoms with Gasteiger partial charge in [-0.3, -0.25) is 0 Å².